The van der Waals surface area contributed by atoms with Crippen LogP contribution >= 0.6 is 0 Å². The summed E-state index contributed by atoms with van der Waals surface area (Å²) in [5.74, 6) is 1.10. The van der Waals surface area contributed by atoms with Gasteiger partial charge in [-0.05, 0) is 37.1 Å². The maximum absolute atomic E-state index is 8.59. The number of benzene rings is 1. The minimum Gasteiger partial charge on any atom is -0.437 e. The van der Waals surface area contributed by atoms with E-state index in [2.05, 4.69) is 9.97 Å². The van der Waals surface area contributed by atoms with E-state index in [-0.39, 0.29) is 5.69 Å². The van der Waals surface area contributed by atoms with Crippen LogP contribution in [0.3, 0.4) is 0 Å². The van der Waals surface area contributed by atoms with Crippen molar-refractivity contribution in [3.63, 3.8) is 0 Å². The Morgan fingerprint density at radius 1 is 1.12 bits per heavy atom. The van der Waals surface area contributed by atoms with Gasteiger partial charge < -0.3 is 4.74 Å². The third-order valence-electron chi connectivity index (χ3n) is 2.44. The van der Waals surface area contributed by atoms with Crippen LogP contribution in [0.5, 0.6) is 11.6 Å². The fourth-order valence-corrected chi connectivity index (χ4v) is 1.32. The molecule has 0 bridgehead atoms. The highest BCUT2D eigenvalue weighted by Crippen LogP contribution is 2.21. The number of aromatic nitrogens is 2. The van der Waals surface area contributed by atoms with Gasteiger partial charge in [-0.25, -0.2) is 9.97 Å². The first-order valence-corrected chi connectivity index (χ1v) is 5.16. The van der Waals surface area contributed by atoms with Gasteiger partial charge in [0, 0.05) is 0 Å². The second-order valence-corrected chi connectivity index (χ2v) is 3.70. The molecule has 1 aromatic heterocycles. The monoisotopic (exact) mass is 225 g/mol. The largest absolute Gasteiger partial charge is 0.437 e. The van der Waals surface area contributed by atoms with Gasteiger partial charge in [-0.1, -0.05) is 6.07 Å². The van der Waals surface area contributed by atoms with Gasteiger partial charge in [0.15, 0.2) is 5.69 Å². The predicted octanol–water partition coefficient (Wildman–Crippen LogP) is 2.76. The molecule has 0 N–H and O–H groups in total. The fourth-order valence-electron chi connectivity index (χ4n) is 1.32. The first kappa shape index (κ1) is 11.1. The number of hydrogen-bond donors (Lipinski definition) is 0. The van der Waals surface area contributed by atoms with Crippen LogP contribution in [0.15, 0.2) is 30.6 Å². The van der Waals surface area contributed by atoms with Crippen molar-refractivity contribution < 1.29 is 4.74 Å². The van der Waals surface area contributed by atoms with E-state index in [0.717, 1.165) is 5.56 Å². The SMILES string of the molecule is Cc1ccc(Oc2cnc(C#N)cn2)cc1C. The molecule has 2 rings (SSSR count). The zero-order valence-electron chi connectivity index (χ0n) is 9.64. The average molecular weight is 225 g/mol. The Bertz CT molecular complexity index is 570. The fraction of sp³-hybridized carbons (Fsp3) is 0.154. The van der Waals surface area contributed by atoms with Crippen LogP contribution in [0.2, 0.25) is 0 Å². The van der Waals surface area contributed by atoms with Crippen molar-refractivity contribution >= 4 is 0 Å². The standard InChI is InChI=1S/C13H11N3O/c1-9-3-4-12(5-10(9)2)17-13-8-15-11(6-14)7-16-13/h3-5,7-8H,1-2H3. The Labute approximate surface area is 99.5 Å². The molecule has 0 atom stereocenters. The van der Waals surface area contributed by atoms with Gasteiger partial charge in [0.05, 0.1) is 12.4 Å². The van der Waals surface area contributed by atoms with E-state index in [9.17, 15) is 0 Å². The highest BCUT2D eigenvalue weighted by atomic mass is 16.5. The van der Waals surface area contributed by atoms with E-state index in [1.54, 1.807) is 0 Å². The van der Waals surface area contributed by atoms with Gasteiger partial charge in [-0.3, -0.25) is 0 Å². The summed E-state index contributed by atoms with van der Waals surface area (Å²) in [6.45, 7) is 4.06. The molecule has 0 aliphatic heterocycles. The molecular weight excluding hydrogens is 214 g/mol. The number of ether oxygens (including phenoxy) is 1. The van der Waals surface area contributed by atoms with Crippen molar-refractivity contribution in [3.8, 4) is 17.7 Å². The Morgan fingerprint density at radius 3 is 2.53 bits per heavy atom. The van der Waals surface area contributed by atoms with E-state index in [1.807, 2.05) is 38.1 Å². The molecule has 2 aromatic rings. The van der Waals surface area contributed by atoms with Gasteiger partial charge in [0.1, 0.15) is 11.8 Å². The first-order valence-electron chi connectivity index (χ1n) is 5.16. The van der Waals surface area contributed by atoms with Crippen LogP contribution in [-0.2, 0) is 0 Å². The summed E-state index contributed by atoms with van der Waals surface area (Å²) in [5.41, 5.74) is 2.64. The molecule has 0 saturated carbocycles. The average Bonchev–Trinajstić information content (AvgIpc) is 2.35. The number of rotatable bonds is 2. The van der Waals surface area contributed by atoms with Crippen molar-refractivity contribution in [1.29, 1.82) is 5.26 Å². The van der Waals surface area contributed by atoms with Gasteiger partial charge in [-0.15, -0.1) is 0 Å². The van der Waals surface area contributed by atoms with Crippen molar-refractivity contribution in [1.82, 2.24) is 9.97 Å². The lowest BCUT2D eigenvalue weighted by atomic mass is 10.1. The highest BCUT2D eigenvalue weighted by molar-refractivity contribution is 5.35. The smallest absolute Gasteiger partial charge is 0.237 e. The molecule has 0 radical (unpaired) electrons. The maximum atomic E-state index is 8.59. The van der Waals surface area contributed by atoms with Crippen LogP contribution in [0.4, 0.5) is 0 Å². The Morgan fingerprint density at radius 2 is 1.94 bits per heavy atom. The first-order chi connectivity index (χ1) is 8.19. The van der Waals surface area contributed by atoms with E-state index >= 15 is 0 Å². The summed E-state index contributed by atoms with van der Waals surface area (Å²) >= 11 is 0. The molecule has 0 saturated heterocycles. The van der Waals surface area contributed by atoms with Gasteiger partial charge in [0.25, 0.3) is 0 Å². The molecule has 4 nitrogen and oxygen atoms in total. The quantitative estimate of drug-likeness (QED) is 0.788. The second-order valence-electron chi connectivity index (χ2n) is 3.70. The Balaban J connectivity index is 2.20. The molecule has 4 heteroatoms. The van der Waals surface area contributed by atoms with Gasteiger partial charge in [-0.2, -0.15) is 5.26 Å². The normalized spacial score (nSPS) is 9.71. The van der Waals surface area contributed by atoms with E-state index < -0.39 is 0 Å². The van der Waals surface area contributed by atoms with Gasteiger partial charge >= 0.3 is 0 Å². The zero-order valence-corrected chi connectivity index (χ0v) is 9.64. The number of aryl methyl sites for hydroxylation is 2. The molecule has 0 spiro atoms. The summed E-state index contributed by atoms with van der Waals surface area (Å²) in [6.07, 6.45) is 2.82. The summed E-state index contributed by atoms with van der Waals surface area (Å²) in [6, 6.07) is 7.71. The molecule has 0 fully saturated rings. The van der Waals surface area contributed by atoms with E-state index in [1.165, 1.54) is 18.0 Å². The topological polar surface area (TPSA) is 58.8 Å². The van der Waals surface area contributed by atoms with Crippen molar-refractivity contribution in [2.45, 2.75) is 13.8 Å². The molecule has 1 heterocycles. The number of hydrogen-bond acceptors (Lipinski definition) is 4. The van der Waals surface area contributed by atoms with Crippen LogP contribution < -0.4 is 4.74 Å². The summed E-state index contributed by atoms with van der Waals surface area (Å²) in [5, 5.41) is 8.59. The summed E-state index contributed by atoms with van der Waals surface area (Å²) in [4.78, 5) is 7.87. The number of nitrogens with zero attached hydrogens (tertiary/aromatic N) is 3. The molecule has 0 unspecified atom stereocenters. The molecule has 0 amide bonds. The predicted molar refractivity (Wildman–Crippen MR) is 62.7 cm³/mol. The van der Waals surface area contributed by atoms with Crippen LogP contribution in [0.25, 0.3) is 0 Å². The molecule has 17 heavy (non-hydrogen) atoms. The zero-order chi connectivity index (χ0) is 12.3. The van der Waals surface area contributed by atoms with E-state index in [4.69, 9.17) is 10.00 Å². The van der Waals surface area contributed by atoms with E-state index in [0.29, 0.717) is 11.6 Å². The molecule has 0 aliphatic rings. The maximum Gasteiger partial charge on any atom is 0.237 e. The Hall–Kier alpha value is -2.41. The second kappa shape index (κ2) is 4.62. The Kier molecular flexibility index (Phi) is 3.01. The molecular formula is C13H11N3O. The minimum absolute atomic E-state index is 0.275. The van der Waals surface area contributed by atoms with Crippen LogP contribution in [0, 0.1) is 25.2 Å². The lowest BCUT2D eigenvalue weighted by Crippen LogP contribution is -1.92. The molecule has 0 aliphatic carbocycles. The van der Waals surface area contributed by atoms with Crippen molar-refractivity contribution in [2.24, 2.45) is 0 Å². The summed E-state index contributed by atoms with van der Waals surface area (Å²) in [7, 11) is 0. The van der Waals surface area contributed by atoms with Gasteiger partial charge in [0.2, 0.25) is 5.88 Å². The lowest BCUT2D eigenvalue weighted by Gasteiger charge is -2.06. The van der Waals surface area contributed by atoms with Crippen LogP contribution in [0.1, 0.15) is 16.8 Å². The lowest BCUT2D eigenvalue weighted by molar-refractivity contribution is 0.459. The third-order valence-corrected chi connectivity index (χ3v) is 2.44. The third kappa shape index (κ3) is 2.58. The molecule has 84 valence electrons. The highest BCUT2D eigenvalue weighted by Gasteiger charge is 2.01. The summed E-state index contributed by atoms with van der Waals surface area (Å²) < 4.78 is 5.53. The van der Waals surface area contributed by atoms with Crippen molar-refractivity contribution in [2.75, 3.05) is 0 Å². The molecule has 1 aromatic carbocycles. The minimum atomic E-state index is 0.275. The number of nitriles is 1. The van der Waals surface area contributed by atoms with Crippen LogP contribution in [-0.4, -0.2) is 9.97 Å². The van der Waals surface area contributed by atoms with Crippen molar-refractivity contribution in [3.05, 3.63) is 47.4 Å².